The van der Waals surface area contributed by atoms with Crippen molar-refractivity contribution in [2.45, 2.75) is 50.7 Å². The van der Waals surface area contributed by atoms with E-state index in [1.165, 1.54) is 23.7 Å². The zero-order valence-corrected chi connectivity index (χ0v) is 16.0. The Morgan fingerprint density at radius 2 is 2.23 bits per heavy atom. The third-order valence-corrected chi connectivity index (χ3v) is 5.94. The van der Waals surface area contributed by atoms with Gasteiger partial charge in [0.05, 0.1) is 5.75 Å². The predicted molar refractivity (Wildman–Crippen MR) is 104 cm³/mol. The number of H-pyrrole nitrogens is 1. The maximum Gasteiger partial charge on any atom is 0.233 e. The zero-order valence-electron chi connectivity index (χ0n) is 15.2. The summed E-state index contributed by atoms with van der Waals surface area (Å²) in [5.74, 6) is 0.521. The molecule has 0 saturated carbocycles. The Labute approximate surface area is 156 Å². The van der Waals surface area contributed by atoms with E-state index in [2.05, 4.69) is 52.2 Å². The fourth-order valence-corrected chi connectivity index (χ4v) is 4.24. The number of amides is 1. The first-order valence-corrected chi connectivity index (χ1v) is 10.2. The first-order chi connectivity index (χ1) is 12.7. The highest BCUT2D eigenvalue weighted by Gasteiger charge is 2.23. The molecule has 1 aliphatic heterocycles. The minimum Gasteiger partial charge on any atom is -0.339 e. The number of rotatable bonds is 4. The Morgan fingerprint density at radius 3 is 3.04 bits per heavy atom. The fraction of sp³-hybridized carbons (Fsp3) is 0.474. The lowest BCUT2D eigenvalue weighted by Gasteiger charge is -2.33. The molecule has 0 spiro atoms. The molecule has 7 heteroatoms. The molecular formula is C19H23N5OS. The number of hydrogen-bond acceptors (Lipinski definition) is 5. The van der Waals surface area contributed by atoms with Gasteiger partial charge in [0.25, 0.3) is 0 Å². The summed E-state index contributed by atoms with van der Waals surface area (Å²) in [7, 11) is 0. The third-order valence-electron chi connectivity index (χ3n) is 5.12. The maximum absolute atomic E-state index is 12.5. The quantitative estimate of drug-likeness (QED) is 0.712. The number of likely N-dealkylation sites (tertiary alicyclic amines) is 1. The van der Waals surface area contributed by atoms with Crippen LogP contribution >= 0.6 is 11.8 Å². The van der Waals surface area contributed by atoms with Crippen molar-refractivity contribution in [3.8, 4) is 0 Å². The van der Waals surface area contributed by atoms with Crippen LogP contribution in [0.15, 0.2) is 23.4 Å². The number of piperidine rings is 1. The summed E-state index contributed by atoms with van der Waals surface area (Å²) in [6.07, 6.45) is 4.38. The lowest BCUT2D eigenvalue weighted by atomic mass is 10.0. The first kappa shape index (κ1) is 17.3. The van der Waals surface area contributed by atoms with Gasteiger partial charge < -0.3 is 9.88 Å². The van der Waals surface area contributed by atoms with E-state index in [1.54, 1.807) is 0 Å². The summed E-state index contributed by atoms with van der Waals surface area (Å²) in [5, 5.41) is 10.2. The molecule has 0 unspecified atom stereocenters. The molecule has 1 fully saturated rings. The van der Waals surface area contributed by atoms with Gasteiger partial charge in [-0.2, -0.15) is 0 Å². The molecule has 1 aromatic carbocycles. The van der Waals surface area contributed by atoms with Crippen molar-refractivity contribution in [2.75, 3.05) is 12.3 Å². The van der Waals surface area contributed by atoms with Gasteiger partial charge in [0, 0.05) is 23.5 Å². The molecule has 3 heterocycles. The second-order valence-electron chi connectivity index (χ2n) is 6.87. The molecule has 6 nitrogen and oxygen atoms in total. The topological polar surface area (TPSA) is 74.8 Å². The lowest BCUT2D eigenvalue weighted by Crippen LogP contribution is -2.42. The molecule has 1 atom stereocenters. The van der Waals surface area contributed by atoms with Crippen molar-refractivity contribution < 1.29 is 4.79 Å². The number of nitrogens with zero attached hydrogens (tertiary/aromatic N) is 4. The highest BCUT2D eigenvalue weighted by molar-refractivity contribution is 7.99. The Kier molecular flexibility index (Phi) is 4.80. The van der Waals surface area contributed by atoms with Gasteiger partial charge in [-0.05, 0) is 50.3 Å². The van der Waals surface area contributed by atoms with Crippen LogP contribution in [0.25, 0.3) is 22.1 Å². The summed E-state index contributed by atoms with van der Waals surface area (Å²) >= 11 is 1.36. The summed E-state index contributed by atoms with van der Waals surface area (Å²) in [4.78, 5) is 22.3. The van der Waals surface area contributed by atoms with Gasteiger partial charge in [-0.1, -0.05) is 24.8 Å². The van der Waals surface area contributed by atoms with Crippen LogP contribution in [-0.4, -0.2) is 49.3 Å². The van der Waals surface area contributed by atoms with Crippen molar-refractivity contribution in [1.82, 2.24) is 25.1 Å². The predicted octanol–water partition coefficient (Wildman–Crippen LogP) is 3.56. The number of aromatic nitrogens is 4. The van der Waals surface area contributed by atoms with Gasteiger partial charge in [-0.3, -0.25) is 4.79 Å². The molecule has 0 bridgehead atoms. The van der Waals surface area contributed by atoms with Crippen LogP contribution in [0.5, 0.6) is 0 Å². The Morgan fingerprint density at radius 1 is 1.35 bits per heavy atom. The van der Waals surface area contributed by atoms with E-state index in [1.807, 2.05) is 4.90 Å². The van der Waals surface area contributed by atoms with Crippen molar-refractivity contribution >= 4 is 39.7 Å². The summed E-state index contributed by atoms with van der Waals surface area (Å²) < 4.78 is 0. The number of nitrogens with one attached hydrogen (secondary N) is 1. The molecule has 3 aromatic rings. The molecule has 2 aromatic heterocycles. The molecule has 1 N–H and O–H groups in total. The lowest BCUT2D eigenvalue weighted by molar-refractivity contribution is -0.131. The van der Waals surface area contributed by atoms with Gasteiger partial charge in [0.1, 0.15) is 5.52 Å². The van der Waals surface area contributed by atoms with Gasteiger partial charge in [-0.25, -0.2) is 4.98 Å². The third kappa shape index (κ3) is 3.28. The number of benzene rings is 1. The van der Waals surface area contributed by atoms with E-state index in [-0.39, 0.29) is 5.91 Å². The van der Waals surface area contributed by atoms with Crippen LogP contribution in [0.4, 0.5) is 0 Å². The molecule has 1 saturated heterocycles. The number of hydrogen-bond donors (Lipinski definition) is 1. The van der Waals surface area contributed by atoms with Crippen molar-refractivity contribution in [3.63, 3.8) is 0 Å². The van der Waals surface area contributed by atoms with Crippen LogP contribution in [0.3, 0.4) is 0 Å². The van der Waals surface area contributed by atoms with Gasteiger partial charge >= 0.3 is 0 Å². The second kappa shape index (κ2) is 7.23. The number of aryl methyl sites for hydroxylation is 1. The molecule has 0 aliphatic carbocycles. The van der Waals surface area contributed by atoms with Gasteiger partial charge in [0.15, 0.2) is 5.65 Å². The molecule has 26 heavy (non-hydrogen) atoms. The van der Waals surface area contributed by atoms with Crippen LogP contribution < -0.4 is 0 Å². The highest BCUT2D eigenvalue weighted by atomic mass is 32.2. The van der Waals surface area contributed by atoms with Gasteiger partial charge in [-0.15, -0.1) is 10.2 Å². The summed E-state index contributed by atoms with van der Waals surface area (Å²) in [6, 6.07) is 6.64. The van der Waals surface area contributed by atoms with E-state index in [9.17, 15) is 4.79 Å². The molecule has 4 rings (SSSR count). The van der Waals surface area contributed by atoms with Crippen LogP contribution in [0.2, 0.25) is 0 Å². The van der Waals surface area contributed by atoms with E-state index in [0.29, 0.717) is 17.0 Å². The van der Waals surface area contributed by atoms with Crippen LogP contribution in [0.1, 0.15) is 38.7 Å². The van der Waals surface area contributed by atoms with Crippen molar-refractivity contribution in [1.29, 1.82) is 0 Å². The second-order valence-corrected chi connectivity index (χ2v) is 7.81. The summed E-state index contributed by atoms with van der Waals surface area (Å²) in [6.45, 7) is 5.12. The zero-order chi connectivity index (χ0) is 18.1. The normalized spacial score (nSPS) is 17.9. The van der Waals surface area contributed by atoms with E-state index in [0.717, 1.165) is 47.9 Å². The van der Waals surface area contributed by atoms with Crippen LogP contribution in [-0.2, 0) is 11.2 Å². The number of fused-ring (bicyclic) bond motifs is 3. The number of carbonyl (C=O) groups is 1. The number of thioether (sulfide) groups is 1. The fourth-order valence-electron chi connectivity index (χ4n) is 3.56. The molecule has 1 amide bonds. The average Bonchev–Trinajstić information content (AvgIpc) is 3.03. The SMILES string of the molecule is CCc1ccc2[nH]c3nc(SCC(=O)N4CCCC[C@H]4C)nnc3c2c1. The molecule has 0 radical (unpaired) electrons. The standard InChI is InChI=1S/C19H23N5OS/c1-3-13-7-8-15-14(10-13)17-18(20-15)21-19(23-22-17)26-11-16(25)24-9-5-4-6-12(24)2/h7-8,10,12H,3-6,9,11H2,1-2H3,(H,20,21,23)/t12-/m1/s1. The summed E-state index contributed by atoms with van der Waals surface area (Å²) in [5.41, 5.74) is 3.79. The minimum atomic E-state index is 0.162. The Balaban J connectivity index is 1.52. The first-order valence-electron chi connectivity index (χ1n) is 9.23. The maximum atomic E-state index is 12.5. The van der Waals surface area contributed by atoms with E-state index in [4.69, 9.17) is 0 Å². The van der Waals surface area contributed by atoms with E-state index >= 15 is 0 Å². The van der Waals surface area contributed by atoms with Gasteiger partial charge in [0.2, 0.25) is 11.1 Å². The van der Waals surface area contributed by atoms with Crippen molar-refractivity contribution in [2.24, 2.45) is 0 Å². The average molecular weight is 369 g/mol. The number of carbonyl (C=O) groups excluding carboxylic acids is 1. The monoisotopic (exact) mass is 369 g/mol. The van der Waals surface area contributed by atoms with Crippen LogP contribution in [0, 0.1) is 0 Å². The number of aromatic amines is 1. The smallest absolute Gasteiger partial charge is 0.233 e. The van der Waals surface area contributed by atoms with Crippen molar-refractivity contribution in [3.05, 3.63) is 23.8 Å². The molecule has 1 aliphatic rings. The Hall–Kier alpha value is -2.15. The Bertz CT molecular complexity index is 954. The van der Waals surface area contributed by atoms with E-state index < -0.39 is 0 Å². The molecular weight excluding hydrogens is 346 g/mol. The largest absolute Gasteiger partial charge is 0.339 e. The molecule has 136 valence electrons. The minimum absolute atomic E-state index is 0.162. The highest BCUT2D eigenvalue weighted by Crippen LogP contribution is 2.25.